The fraction of sp³-hybridized carbons (Fsp3) is 0.440. The van der Waals surface area contributed by atoms with Crippen molar-refractivity contribution in [2.45, 2.75) is 61.2 Å². The van der Waals surface area contributed by atoms with E-state index in [-0.39, 0.29) is 39.7 Å². The van der Waals surface area contributed by atoms with Crippen LogP contribution in [0.2, 0.25) is 5.02 Å². The first-order chi connectivity index (χ1) is 18.6. The van der Waals surface area contributed by atoms with E-state index in [0.29, 0.717) is 25.0 Å². The second kappa shape index (κ2) is 11.2. The molecule has 2 fully saturated rings. The fourth-order valence-corrected chi connectivity index (χ4v) is 6.41. The van der Waals surface area contributed by atoms with E-state index in [0.717, 1.165) is 38.2 Å². The maximum atomic E-state index is 13.3. The average Bonchev–Trinajstić information content (AvgIpc) is 3.45. The molecule has 0 spiro atoms. The van der Waals surface area contributed by atoms with Crippen LogP contribution in [-0.4, -0.2) is 58.5 Å². The van der Waals surface area contributed by atoms with Gasteiger partial charge in [-0.2, -0.15) is 13.2 Å². The number of hydrogen-bond acceptors (Lipinski definition) is 8. The Morgan fingerprint density at radius 1 is 1.10 bits per heavy atom. The number of sulfonamides is 1. The number of hydrogen-bond donors (Lipinski definition) is 1. The molecule has 3 aromatic heterocycles. The Kier molecular flexibility index (Phi) is 7.92. The number of ether oxygens (including phenoxy) is 1. The zero-order chi connectivity index (χ0) is 27.6. The van der Waals surface area contributed by atoms with Crippen LogP contribution in [0.25, 0.3) is 0 Å². The number of likely N-dealkylation sites (tertiary alicyclic amines) is 1. The average molecular weight is 583 g/mol. The highest BCUT2D eigenvalue weighted by Crippen LogP contribution is 2.39. The molecule has 9 nitrogen and oxygen atoms in total. The topological polar surface area (TPSA) is 110 Å². The first kappa shape index (κ1) is 27.5. The van der Waals surface area contributed by atoms with Crippen molar-refractivity contribution in [2.75, 3.05) is 17.8 Å². The monoisotopic (exact) mass is 582 g/mol. The van der Waals surface area contributed by atoms with Crippen LogP contribution < -0.4 is 9.46 Å². The van der Waals surface area contributed by atoms with Gasteiger partial charge < -0.3 is 4.74 Å². The normalized spacial score (nSPS) is 22.5. The molecule has 3 atom stereocenters. The molecular formula is C25H26ClF3N6O3S. The molecule has 1 aliphatic heterocycles. The van der Waals surface area contributed by atoms with Crippen molar-refractivity contribution >= 4 is 27.4 Å². The van der Waals surface area contributed by atoms with Crippen LogP contribution in [0.15, 0.2) is 53.9 Å². The second-order valence-electron chi connectivity index (χ2n) is 9.58. The van der Waals surface area contributed by atoms with E-state index in [1.165, 1.54) is 30.7 Å². The van der Waals surface area contributed by atoms with Crippen LogP contribution in [-0.2, 0) is 16.2 Å². The predicted octanol–water partition coefficient (Wildman–Crippen LogP) is 4.92. The summed E-state index contributed by atoms with van der Waals surface area (Å²) in [5, 5.41) is 0.0300. The number of alkyl halides is 3. The van der Waals surface area contributed by atoms with Gasteiger partial charge in [0.2, 0.25) is 5.88 Å². The van der Waals surface area contributed by atoms with Crippen LogP contribution >= 0.6 is 11.6 Å². The van der Waals surface area contributed by atoms with E-state index in [2.05, 4.69) is 29.6 Å². The Labute approximate surface area is 228 Å². The number of aromatic nitrogens is 4. The molecule has 5 rings (SSSR count). The van der Waals surface area contributed by atoms with Crippen molar-refractivity contribution in [3.05, 3.63) is 65.5 Å². The van der Waals surface area contributed by atoms with Gasteiger partial charge >= 0.3 is 6.18 Å². The van der Waals surface area contributed by atoms with Crippen molar-refractivity contribution < 1.29 is 26.3 Å². The molecule has 1 saturated carbocycles. The van der Waals surface area contributed by atoms with Crippen LogP contribution in [0.3, 0.4) is 0 Å². The first-order valence-corrected chi connectivity index (χ1v) is 14.4. The van der Waals surface area contributed by atoms with Gasteiger partial charge in [0.1, 0.15) is 33.9 Å². The number of nitrogens with one attached hydrogen (secondary N) is 1. The minimum Gasteiger partial charge on any atom is -0.472 e. The Morgan fingerprint density at radius 2 is 1.90 bits per heavy atom. The summed E-state index contributed by atoms with van der Waals surface area (Å²) in [5.41, 5.74) is -0.467. The van der Waals surface area contributed by atoms with E-state index >= 15 is 0 Å². The standard InChI is InChI=1S/C25H26ClF3N6O3S/c26-18-13-17(39(36,37)34-23-8-9-30-15-32-23)14-31-24(18)38-21-7-6-16(12-20(21)35-10-1-2-11-35)19-4-3-5-22(33-19)25(27,28)29/h3-5,8-9,13-16,20-21H,1-2,6-7,10-12H2,(H,30,32,34)/t16-,20-,21-/m0/s1. The van der Waals surface area contributed by atoms with Gasteiger partial charge in [-0.3, -0.25) is 9.62 Å². The molecule has 39 heavy (non-hydrogen) atoms. The molecule has 14 heteroatoms. The van der Waals surface area contributed by atoms with Crippen molar-refractivity contribution in [3.8, 4) is 5.88 Å². The lowest BCUT2D eigenvalue weighted by Gasteiger charge is -2.40. The van der Waals surface area contributed by atoms with E-state index in [4.69, 9.17) is 16.3 Å². The van der Waals surface area contributed by atoms with Gasteiger partial charge in [-0.15, -0.1) is 0 Å². The lowest BCUT2D eigenvalue weighted by Crippen LogP contribution is -2.48. The molecule has 3 aromatic rings. The van der Waals surface area contributed by atoms with Crippen molar-refractivity contribution in [1.29, 1.82) is 0 Å². The number of anilines is 1. The third-order valence-electron chi connectivity index (χ3n) is 7.02. The third-order valence-corrected chi connectivity index (χ3v) is 8.61. The Bertz CT molecular complexity index is 1410. The highest BCUT2D eigenvalue weighted by atomic mass is 35.5. The minimum absolute atomic E-state index is 0.0300. The van der Waals surface area contributed by atoms with Crippen LogP contribution in [0, 0.1) is 0 Å². The quantitative estimate of drug-likeness (QED) is 0.418. The molecule has 1 aliphatic carbocycles. The van der Waals surface area contributed by atoms with Gasteiger partial charge in [0.15, 0.2) is 0 Å². The molecule has 0 aromatic carbocycles. The lowest BCUT2D eigenvalue weighted by atomic mass is 9.81. The highest BCUT2D eigenvalue weighted by Gasteiger charge is 2.39. The number of nitrogens with zero attached hydrogens (tertiary/aromatic N) is 5. The summed E-state index contributed by atoms with van der Waals surface area (Å²) in [6, 6.07) is 6.62. The molecule has 4 heterocycles. The van der Waals surface area contributed by atoms with Crippen molar-refractivity contribution in [3.63, 3.8) is 0 Å². The molecule has 1 N–H and O–H groups in total. The zero-order valence-electron chi connectivity index (χ0n) is 20.7. The van der Waals surface area contributed by atoms with Gasteiger partial charge in [-0.05, 0) is 69.5 Å². The summed E-state index contributed by atoms with van der Waals surface area (Å²) in [6.07, 6.45) is 2.72. The van der Waals surface area contributed by atoms with E-state index in [1.54, 1.807) is 6.07 Å². The van der Waals surface area contributed by atoms with E-state index in [1.807, 2.05) is 0 Å². The Hall–Kier alpha value is -3.03. The smallest absolute Gasteiger partial charge is 0.433 e. The first-order valence-electron chi connectivity index (χ1n) is 12.5. The highest BCUT2D eigenvalue weighted by molar-refractivity contribution is 7.92. The van der Waals surface area contributed by atoms with Crippen molar-refractivity contribution in [1.82, 2.24) is 24.8 Å². The van der Waals surface area contributed by atoms with Gasteiger partial charge in [-0.25, -0.2) is 28.4 Å². The van der Waals surface area contributed by atoms with Gasteiger partial charge in [0.25, 0.3) is 10.0 Å². The van der Waals surface area contributed by atoms with E-state index in [9.17, 15) is 21.6 Å². The number of pyridine rings is 2. The number of rotatable bonds is 7. The molecule has 1 saturated heterocycles. The van der Waals surface area contributed by atoms with Gasteiger partial charge in [0.05, 0.1) is 6.20 Å². The molecule has 2 aliphatic rings. The summed E-state index contributed by atoms with van der Waals surface area (Å²) in [6.45, 7) is 1.72. The lowest BCUT2D eigenvalue weighted by molar-refractivity contribution is -0.141. The molecule has 0 bridgehead atoms. The molecule has 0 radical (unpaired) electrons. The fourth-order valence-electron chi connectivity index (χ4n) is 5.15. The number of halogens is 4. The van der Waals surface area contributed by atoms with Gasteiger partial charge in [0, 0.05) is 23.9 Å². The maximum absolute atomic E-state index is 13.3. The largest absolute Gasteiger partial charge is 0.472 e. The van der Waals surface area contributed by atoms with Crippen molar-refractivity contribution in [2.24, 2.45) is 0 Å². The Morgan fingerprint density at radius 3 is 2.59 bits per heavy atom. The van der Waals surface area contributed by atoms with E-state index < -0.39 is 21.9 Å². The third kappa shape index (κ3) is 6.42. The summed E-state index contributed by atoms with van der Waals surface area (Å²) in [4.78, 5) is 17.9. The second-order valence-corrected chi connectivity index (χ2v) is 11.7. The van der Waals surface area contributed by atoms with Crippen LogP contribution in [0.4, 0.5) is 19.0 Å². The summed E-state index contributed by atoms with van der Waals surface area (Å²) >= 11 is 6.41. The molecular weight excluding hydrogens is 557 g/mol. The maximum Gasteiger partial charge on any atom is 0.433 e. The molecule has 0 unspecified atom stereocenters. The Balaban J connectivity index is 1.33. The molecule has 0 amide bonds. The SMILES string of the molecule is O=S(=O)(Nc1ccncn1)c1cnc(O[C@H]2CC[C@H](c3cccc(C(F)(F)F)n3)C[C@@H]2N2CCCC2)c(Cl)c1. The van der Waals surface area contributed by atoms with Crippen LogP contribution in [0.5, 0.6) is 5.88 Å². The predicted molar refractivity (Wildman–Crippen MR) is 137 cm³/mol. The summed E-state index contributed by atoms with van der Waals surface area (Å²) in [5.74, 6) is 0.0472. The molecule has 208 valence electrons. The van der Waals surface area contributed by atoms with Gasteiger partial charge in [-0.1, -0.05) is 17.7 Å². The van der Waals surface area contributed by atoms with Crippen LogP contribution in [0.1, 0.15) is 49.4 Å². The summed E-state index contributed by atoms with van der Waals surface area (Å²) < 4.78 is 73.8. The summed E-state index contributed by atoms with van der Waals surface area (Å²) in [7, 11) is -4.00. The zero-order valence-corrected chi connectivity index (χ0v) is 22.3. The minimum atomic E-state index is -4.50.